The van der Waals surface area contributed by atoms with Gasteiger partial charge in [0.25, 0.3) is 0 Å². The van der Waals surface area contributed by atoms with Gasteiger partial charge in [-0.2, -0.15) is 5.26 Å². The van der Waals surface area contributed by atoms with Crippen molar-refractivity contribution in [3.63, 3.8) is 0 Å². The van der Waals surface area contributed by atoms with E-state index < -0.39 is 12.2 Å². The number of hydrogen-bond donors (Lipinski definition) is 3. The zero-order valence-electron chi connectivity index (χ0n) is 7.05. The minimum atomic E-state index is -1.58. The molecule has 2 unspecified atom stereocenters. The Balaban J connectivity index is 3.08. The van der Waals surface area contributed by atoms with Crippen LogP contribution in [0, 0.1) is 11.3 Å². The predicted molar refractivity (Wildman–Crippen MR) is 49.7 cm³/mol. The van der Waals surface area contributed by atoms with Crippen molar-refractivity contribution in [3.05, 3.63) is 28.8 Å². The molecule has 0 saturated heterocycles. The molecule has 4 nitrogen and oxygen atoms in total. The van der Waals surface area contributed by atoms with E-state index in [0.717, 1.165) is 0 Å². The number of aliphatic hydroxyl groups is 2. The van der Waals surface area contributed by atoms with E-state index in [2.05, 4.69) is 0 Å². The molecule has 5 heteroatoms. The summed E-state index contributed by atoms with van der Waals surface area (Å²) in [6.45, 7) is 0. The van der Waals surface area contributed by atoms with Gasteiger partial charge in [0, 0.05) is 5.56 Å². The predicted octanol–water partition coefficient (Wildman–Crippen LogP) is 0.963. The lowest BCUT2D eigenvalue weighted by Gasteiger charge is -2.13. The molecule has 0 spiro atoms. The number of phenolic OH excluding ortho intramolecular Hbond substituents is 1. The molecule has 2 atom stereocenters. The van der Waals surface area contributed by atoms with Crippen LogP contribution in [0.3, 0.4) is 0 Å². The van der Waals surface area contributed by atoms with Crippen LogP contribution >= 0.6 is 11.6 Å². The van der Waals surface area contributed by atoms with E-state index >= 15 is 0 Å². The number of aliphatic hydroxyl groups excluding tert-OH is 2. The lowest BCUT2D eigenvalue weighted by molar-refractivity contribution is 0.0511. The maximum atomic E-state index is 9.40. The van der Waals surface area contributed by atoms with Crippen molar-refractivity contribution in [2.45, 2.75) is 12.2 Å². The standard InChI is InChI=1S/C9H8ClNO3/c10-6-3-1-2-5(8(6)13)9(14)7(12)4-11/h1-3,7,9,12-14H. The summed E-state index contributed by atoms with van der Waals surface area (Å²) in [5, 5.41) is 36.2. The second-order valence-corrected chi connectivity index (χ2v) is 3.10. The third kappa shape index (κ3) is 1.96. The fourth-order valence-electron chi connectivity index (χ4n) is 1.01. The number of halogens is 1. The van der Waals surface area contributed by atoms with Crippen LogP contribution in [0.1, 0.15) is 11.7 Å². The molecule has 0 bridgehead atoms. The molecule has 1 rings (SSSR count). The highest BCUT2D eigenvalue weighted by Gasteiger charge is 2.21. The van der Waals surface area contributed by atoms with Gasteiger partial charge in [-0.3, -0.25) is 0 Å². The summed E-state index contributed by atoms with van der Waals surface area (Å²) in [5.74, 6) is -0.323. The highest BCUT2D eigenvalue weighted by atomic mass is 35.5. The number of benzene rings is 1. The number of rotatable bonds is 2. The van der Waals surface area contributed by atoms with Gasteiger partial charge in [-0.15, -0.1) is 0 Å². The van der Waals surface area contributed by atoms with E-state index in [1.165, 1.54) is 24.3 Å². The minimum absolute atomic E-state index is 0.0338. The molecule has 74 valence electrons. The number of nitrogens with zero attached hydrogens (tertiary/aromatic N) is 1. The molecular formula is C9H8ClNO3. The topological polar surface area (TPSA) is 84.5 Å². The monoisotopic (exact) mass is 213 g/mol. The molecule has 1 aromatic carbocycles. The number of aromatic hydroxyl groups is 1. The van der Waals surface area contributed by atoms with Gasteiger partial charge in [0.2, 0.25) is 0 Å². The Morgan fingerprint density at radius 2 is 2.00 bits per heavy atom. The average Bonchev–Trinajstić information content (AvgIpc) is 2.20. The highest BCUT2D eigenvalue weighted by molar-refractivity contribution is 6.32. The summed E-state index contributed by atoms with van der Waals surface area (Å²) < 4.78 is 0. The van der Waals surface area contributed by atoms with Crippen molar-refractivity contribution >= 4 is 11.6 Å². The summed E-state index contributed by atoms with van der Waals surface area (Å²) >= 11 is 5.58. The van der Waals surface area contributed by atoms with Crippen molar-refractivity contribution in [2.24, 2.45) is 0 Å². The van der Waals surface area contributed by atoms with Gasteiger partial charge in [0.1, 0.15) is 11.9 Å². The van der Waals surface area contributed by atoms with Crippen molar-refractivity contribution in [2.75, 3.05) is 0 Å². The molecule has 0 amide bonds. The fraction of sp³-hybridized carbons (Fsp3) is 0.222. The van der Waals surface area contributed by atoms with Gasteiger partial charge in [0.15, 0.2) is 6.10 Å². The molecule has 3 N–H and O–H groups in total. The molecule has 0 aliphatic rings. The maximum Gasteiger partial charge on any atom is 0.170 e. The van der Waals surface area contributed by atoms with Gasteiger partial charge >= 0.3 is 0 Å². The second-order valence-electron chi connectivity index (χ2n) is 2.70. The summed E-state index contributed by atoms with van der Waals surface area (Å²) in [6.07, 6.45) is -3.04. The SMILES string of the molecule is N#CC(O)C(O)c1cccc(Cl)c1O. The number of hydrogen-bond acceptors (Lipinski definition) is 4. The van der Waals surface area contributed by atoms with E-state index in [1.807, 2.05) is 0 Å². The summed E-state index contributed by atoms with van der Waals surface area (Å²) in [7, 11) is 0. The molecule has 1 aromatic rings. The molecule has 14 heavy (non-hydrogen) atoms. The first-order valence-electron chi connectivity index (χ1n) is 3.81. The zero-order valence-corrected chi connectivity index (χ0v) is 7.81. The third-order valence-corrected chi connectivity index (χ3v) is 2.07. The summed E-state index contributed by atoms with van der Waals surface area (Å²) in [6, 6.07) is 5.78. The Morgan fingerprint density at radius 1 is 1.36 bits per heavy atom. The van der Waals surface area contributed by atoms with Crippen LogP contribution in [0.25, 0.3) is 0 Å². The first kappa shape index (κ1) is 10.8. The van der Waals surface area contributed by atoms with Gasteiger partial charge < -0.3 is 15.3 Å². The van der Waals surface area contributed by atoms with Crippen LogP contribution in [0.2, 0.25) is 5.02 Å². The van der Waals surface area contributed by atoms with Crippen LogP contribution < -0.4 is 0 Å². The Bertz CT molecular complexity index is 375. The van der Waals surface area contributed by atoms with Crippen molar-refractivity contribution in [3.8, 4) is 11.8 Å². The quantitative estimate of drug-likeness (QED) is 0.639. The first-order chi connectivity index (χ1) is 6.57. The van der Waals surface area contributed by atoms with Crippen molar-refractivity contribution in [1.29, 1.82) is 5.26 Å². The molecule has 0 aliphatic heterocycles. The fourth-order valence-corrected chi connectivity index (χ4v) is 1.19. The van der Waals surface area contributed by atoms with Gasteiger partial charge in [-0.1, -0.05) is 23.7 Å². The van der Waals surface area contributed by atoms with E-state index in [9.17, 15) is 10.2 Å². The van der Waals surface area contributed by atoms with E-state index in [1.54, 1.807) is 0 Å². The number of para-hydroxylation sites is 1. The van der Waals surface area contributed by atoms with Crippen LogP contribution in [-0.2, 0) is 0 Å². The Hall–Kier alpha value is -1.28. The Kier molecular flexibility index (Phi) is 3.31. The highest BCUT2D eigenvalue weighted by Crippen LogP contribution is 2.32. The van der Waals surface area contributed by atoms with Crippen LogP contribution in [0.5, 0.6) is 5.75 Å². The average molecular weight is 214 g/mol. The van der Waals surface area contributed by atoms with E-state index in [-0.39, 0.29) is 16.3 Å². The Labute approximate surface area is 85.6 Å². The maximum absolute atomic E-state index is 9.40. The van der Waals surface area contributed by atoms with Crippen molar-refractivity contribution in [1.82, 2.24) is 0 Å². The Morgan fingerprint density at radius 3 is 2.57 bits per heavy atom. The van der Waals surface area contributed by atoms with E-state index in [4.69, 9.17) is 22.0 Å². The number of phenols is 1. The lowest BCUT2D eigenvalue weighted by atomic mass is 10.0. The van der Waals surface area contributed by atoms with Crippen molar-refractivity contribution < 1.29 is 15.3 Å². The zero-order chi connectivity index (χ0) is 10.7. The largest absolute Gasteiger partial charge is 0.506 e. The molecule has 0 aliphatic carbocycles. The van der Waals surface area contributed by atoms with Gasteiger partial charge in [-0.05, 0) is 6.07 Å². The summed E-state index contributed by atoms with van der Waals surface area (Å²) in [5.41, 5.74) is 0.0338. The molecule has 0 fully saturated rings. The van der Waals surface area contributed by atoms with Gasteiger partial charge in [0.05, 0.1) is 11.1 Å². The molecule has 0 radical (unpaired) electrons. The number of nitriles is 1. The smallest absolute Gasteiger partial charge is 0.170 e. The first-order valence-corrected chi connectivity index (χ1v) is 4.19. The van der Waals surface area contributed by atoms with E-state index in [0.29, 0.717) is 0 Å². The second kappa shape index (κ2) is 4.29. The molecule has 0 heterocycles. The minimum Gasteiger partial charge on any atom is -0.506 e. The lowest BCUT2D eigenvalue weighted by Crippen LogP contribution is -2.15. The summed E-state index contributed by atoms with van der Waals surface area (Å²) in [4.78, 5) is 0. The van der Waals surface area contributed by atoms with Crippen LogP contribution in [0.4, 0.5) is 0 Å². The molecular weight excluding hydrogens is 206 g/mol. The normalized spacial score (nSPS) is 14.4. The van der Waals surface area contributed by atoms with Gasteiger partial charge in [-0.25, -0.2) is 0 Å². The van der Waals surface area contributed by atoms with Crippen LogP contribution in [0.15, 0.2) is 18.2 Å². The third-order valence-electron chi connectivity index (χ3n) is 1.77. The molecule has 0 saturated carbocycles. The van der Waals surface area contributed by atoms with Crippen LogP contribution in [-0.4, -0.2) is 21.4 Å². The molecule has 0 aromatic heterocycles.